The SMILES string of the molecule is C=C(C)[C@@H]1CC[C@]2(NC[C@H](CCSC)N3CCS(=O)(=O)CC3)CC[C@]3(C)[C@H](CC[C@@H]4[C@@]5(C)CC[C@H](OC(=O)[C@H]6[C@@H](C(=O)O)C6(C)C)C(C)(C)[C@@H]5CC[C@]43C)[C@@H]12. The molecule has 6 saturated carbocycles. The van der Waals surface area contributed by atoms with Gasteiger partial charge in [-0.25, -0.2) is 8.42 Å². The normalized spacial score (nSPS) is 45.9. The first-order valence-electron chi connectivity index (χ1n) is 21.9. The summed E-state index contributed by atoms with van der Waals surface area (Å²) >= 11 is 1.89. The average molecular weight is 803 g/mol. The number of carbonyl (C=O) groups is 2. The molecule has 0 unspecified atom stereocenters. The van der Waals surface area contributed by atoms with E-state index in [1.54, 1.807) is 0 Å². The highest BCUT2D eigenvalue weighted by Crippen LogP contribution is 2.76. The van der Waals surface area contributed by atoms with Crippen LogP contribution in [-0.2, 0) is 24.2 Å². The third-order valence-electron chi connectivity index (χ3n) is 18.9. The third-order valence-corrected chi connectivity index (χ3v) is 21.1. The van der Waals surface area contributed by atoms with Crippen molar-refractivity contribution in [1.82, 2.24) is 10.2 Å². The van der Waals surface area contributed by atoms with Crippen molar-refractivity contribution in [1.29, 1.82) is 0 Å². The number of sulfone groups is 1. The van der Waals surface area contributed by atoms with Crippen LogP contribution in [0.15, 0.2) is 12.2 Å². The van der Waals surface area contributed by atoms with Crippen molar-refractivity contribution >= 4 is 33.5 Å². The maximum absolute atomic E-state index is 13.5. The molecule has 6 aliphatic carbocycles. The molecule has 0 spiro atoms. The molecular weight excluding hydrogens is 729 g/mol. The lowest BCUT2D eigenvalue weighted by molar-refractivity contribution is -0.246. The first-order chi connectivity index (χ1) is 25.6. The molecule has 1 heterocycles. The molecule has 7 fully saturated rings. The predicted molar refractivity (Wildman–Crippen MR) is 223 cm³/mol. The van der Waals surface area contributed by atoms with Gasteiger partial charge in [0.25, 0.3) is 0 Å². The molecule has 55 heavy (non-hydrogen) atoms. The van der Waals surface area contributed by atoms with Gasteiger partial charge >= 0.3 is 11.9 Å². The van der Waals surface area contributed by atoms with E-state index in [1.807, 2.05) is 25.6 Å². The summed E-state index contributed by atoms with van der Waals surface area (Å²) in [4.78, 5) is 27.9. The van der Waals surface area contributed by atoms with Gasteiger partial charge in [-0.2, -0.15) is 11.8 Å². The largest absolute Gasteiger partial charge is 0.481 e. The Labute approximate surface area is 337 Å². The van der Waals surface area contributed by atoms with Gasteiger partial charge in [0, 0.05) is 36.6 Å². The quantitative estimate of drug-likeness (QED) is 0.158. The van der Waals surface area contributed by atoms with E-state index < -0.39 is 33.1 Å². The van der Waals surface area contributed by atoms with E-state index in [0.717, 1.165) is 38.0 Å². The fourth-order valence-corrected chi connectivity index (χ4v) is 17.2. The van der Waals surface area contributed by atoms with Crippen LogP contribution in [0, 0.1) is 68.5 Å². The number of thioether (sulfide) groups is 1. The van der Waals surface area contributed by atoms with E-state index in [2.05, 4.69) is 64.6 Å². The summed E-state index contributed by atoms with van der Waals surface area (Å²) in [5, 5.41) is 14.1. The summed E-state index contributed by atoms with van der Waals surface area (Å²) in [6, 6.07) is 0.353. The molecule has 0 radical (unpaired) electrons. The predicted octanol–water partition coefficient (Wildman–Crippen LogP) is 8.11. The average Bonchev–Trinajstić information content (AvgIpc) is 3.49. The second-order valence-corrected chi connectivity index (χ2v) is 25.0. The molecule has 312 valence electrons. The van der Waals surface area contributed by atoms with Gasteiger partial charge in [-0.15, -0.1) is 0 Å². The van der Waals surface area contributed by atoms with Crippen LogP contribution in [0.4, 0.5) is 0 Å². The first kappa shape index (κ1) is 42.0. The van der Waals surface area contributed by atoms with Crippen molar-refractivity contribution in [3.8, 4) is 0 Å². The molecular formula is C45H74N2O6S2. The number of carboxylic acids is 1. The molecule has 0 amide bonds. The maximum atomic E-state index is 13.5. The lowest BCUT2D eigenvalue weighted by atomic mass is 9.32. The van der Waals surface area contributed by atoms with E-state index in [4.69, 9.17) is 4.74 Å². The Kier molecular flexibility index (Phi) is 10.9. The van der Waals surface area contributed by atoms with E-state index in [-0.39, 0.29) is 50.8 Å². The molecule has 0 aromatic heterocycles. The number of hydrogen-bond acceptors (Lipinski definition) is 8. The molecule has 13 atom stereocenters. The van der Waals surface area contributed by atoms with Crippen molar-refractivity contribution in [3.05, 3.63) is 12.2 Å². The lowest BCUT2D eigenvalue weighted by Crippen LogP contribution is -2.69. The Morgan fingerprint density at radius 1 is 0.873 bits per heavy atom. The van der Waals surface area contributed by atoms with Crippen LogP contribution in [0.2, 0.25) is 0 Å². The van der Waals surface area contributed by atoms with Crippen molar-refractivity contribution in [2.45, 2.75) is 144 Å². The molecule has 7 rings (SSSR count). The minimum absolute atomic E-state index is 0.0945. The number of nitrogens with zero attached hydrogens (tertiary/aromatic N) is 1. The highest BCUT2D eigenvalue weighted by atomic mass is 32.2. The zero-order valence-corrected chi connectivity index (χ0v) is 37.3. The first-order valence-corrected chi connectivity index (χ1v) is 25.1. The van der Waals surface area contributed by atoms with Gasteiger partial charge < -0.3 is 15.2 Å². The number of fused-ring (bicyclic) bond motifs is 7. The Bertz CT molecular complexity index is 1630. The lowest BCUT2D eigenvalue weighted by Gasteiger charge is -2.73. The van der Waals surface area contributed by atoms with Crippen LogP contribution in [0.1, 0.15) is 126 Å². The van der Waals surface area contributed by atoms with Gasteiger partial charge in [-0.1, -0.05) is 60.6 Å². The van der Waals surface area contributed by atoms with Crippen molar-refractivity contribution in [2.24, 2.45) is 68.5 Å². The smallest absolute Gasteiger partial charge is 0.310 e. The van der Waals surface area contributed by atoms with Crippen molar-refractivity contribution in [2.75, 3.05) is 43.1 Å². The fraction of sp³-hybridized carbons (Fsp3) is 0.911. The number of carbonyl (C=O) groups excluding carboxylic acids is 1. The van der Waals surface area contributed by atoms with Crippen LogP contribution in [0.25, 0.3) is 0 Å². The van der Waals surface area contributed by atoms with Crippen molar-refractivity contribution < 1.29 is 27.9 Å². The zero-order chi connectivity index (χ0) is 40.1. The Balaban J connectivity index is 1.11. The Hall–Kier alpha value is -1.10. The second kappa shape index (κ2) is 14.3. The summed E-state index contributed by atoms with van der Waals surface area (Å²) in [5.41, 5.74) is 1.28. The van der Waals surface area contributed by atoms with Gasteiger partial charge in [0.1, 0.15) is 6.10 Å². The Morgan fingerprint density at radius 2 is 1.56 bits per heavy atom. The topological polar surface area (TPSA) is 113 Å². The Morgan fingerprint density at radius 3 is 2.18 bits per heavy atom. The number of rotatable bonds is 11. The van der Waals surface area contributed by atoms with E-state index in [1.165, 1.54) is 50.5 Å². The van der Waals surface area contributed by atoms with Crippen LogP contribution in [0.5, 0.6) is 0 Å². The molecule has 0 aromatic carbocycles. The molecule has 10 heteroatoms. The fourth-order valence-electron chi connectivity index (χ4n) is 15.5. The van der Waals surface area contributed by atoms with E-state index >= 15 is 0 Å². The summed E-state index contributed by atoms with van der Waals surface area (Å²) in [6.45, 7) is 25.5. The molecule has 2 N–H and O–H groups in total. The molecule has 1 aliphatic heterocycles. The number of carboxylic acid groups (broad SMARTS) is 1. The van der Waals surface area contributed by atoms with Gasteiger partial charge in [-0.3, -0.25) is 14.5 Å². The van der Waals surface area contributed by atoms with Crippen LogP contribution in [-0.4, -0.2) is 91.2 Å². The second-order valence-electron chi connectivity index (χ2n) is 21.7. The minimum atomic E-state index is -2.92. The van der Waals surface area contributed by atoms with Gasteiger partial charge in [0.2, 0.25) is 0 Å². The monoisotopic (exact) mass is 802 g/mol. The number of allylic oxidation sites excluding steroid dienone is 1. The summed E-state index contributed by atoms with van der Waals surface area (Å²) < 4.78 is 31.0. The van der Waals surface area contributed by atoms with Crippen LogP contribution < -0.4 is 5.32 Å². The zero-order valence-electron chi connectivity index (χ0n) is 35.7. The number of nitrogens with one attached hydrogen (secondary N) is 1. The van der Waals surface area contributed by atoms with Gasteiger partial charge in [-0.05, 0) is 141 Å². The van der Waals surface area contributed by atoms with Crippen LogP contribution in [0.3, 0.4) is 0 Å². The minimum Gasteiger partial charge on any atom is -0.481 e. The van der Waals surface area contributed by atoms with Gasteiger partial charge in [0.15, 0.2) is 9.84 Å². The maximum Gasteiger partial charge on any atom is 0.310 e. The van der Waals surface area contributed by atoms with Crippen molar-refractivity contribution in [3.63, 3.8) is 0 Å². The highest BCUT2D eigenvalue weighted by Gasteiger charge is 2.72. The molecule has 0 aromatic rings. The molecule has 0 bridgehead atoms. The van der Waals surface area contributed by atoms with Gasteiger partial charge in [0.05, 0.1) is 23.3 Å². The molecule has 8 nitrogen and oxygen atoms in total. The van der Waals surface area contributed by atoms with E-state index in [0.29, 0.717) is 48.7 Å². The standard InChI is InChI=1S/C45H74N2O6S2/c1-28(2)30-13-19-45(46-27-29(16-24-54-10)47-22-25-55(51,52)26-23-47)21-20-43(8)31(35(30)45)11-12-33-42(7)17-15-34(40(3,4)32(42)14-18-44(33,43)9)53-39(50)37-36(38(48)49)41(37,5)6/h29-37,46H,1,11-27H2,2-10H3,(H,48,49)/t29-,30-,31+,32-,33+,34-,35+,36-,37+,42-,43+,44+,45-/m0/s1. The third kappa shape index (κ3) is 6.62. The highest BCUT2D eigenvalue weighted by molar-refractivity contribution is 7.98. The molecule has 1 saturated heterocycles. The summed E-state index contributed by atoms with van der Waals surface area (Å²) in [6.07, 6.45) is 14.6. The number of ether oxygens (including phenoxy) is 1. The summed E-state index contributed by atoms with van der Waals surface area (Å²) in [7, 11) is -2.92. The summed E-state index contributed by atoms with van der Waals surface area (Å²) in [5.74, 6) is 1.97. The number of hydrogen-bond donors (Lipinski definition) is 2. The number of aliphatic carboxylic acids is 1. The number of esters is 1. The van der Waals surface area contributed by atoms with E-state index in [9.17, 15) is 23.1 Å². The van der Waals surface area contributed by atoms with Crippen LogP contribution >= 0.6 is 11.8 Å². The molecule has 7 aliphatic rings.